The highest BCUT2D eigenvalue weighted by Gasteiger charge is 2.47. The highest BCUT2D eigenvalue weighted by atomic mass is 28.4. The highest BCUT2D eigenvalue weighted by Crippen LogP contribution is 2.44. The quantitative estimate of drug-likeness (QED) is 0.107. The van der Waals surface area contributed by atoms with Crippen molar-refractivity contribution in [1.29, 1.82) is 0 Å². The second-order valence-electron chi connectivity index (χ2n) is 15.8. The van der Waals surface area contributed by atoms with Crippen molar-refractivity contribution in [3.63, 3.8) is 0 Å². The monoisotopic (exact) mass is 643 g/mol. The molecule has 0 bridgehead atoms. The van der Waals surface area contributed by atoms with E-state index in [2.05, 4.69) is 128 Å². The van der Waals surface area contributed by atoms with Gasteiger partial charge in [-0.25, -0.2) is 0 Å². The van der Waals surface area contributed by atoms with Crippen molar-refractivity contribution in [2.45, 2.75) is 148 Å². The molecule has 5 atom stereocenters. The minimum absolute atomic E-state index is 0.00724. The van der Waals surface area contributed by atoms with Crippen molar-refractivity contribution in [2.24, 2.45) is 11.8 Å². The highest BCUT2D eigenvalue weighted by molar-refractivity contribution is 6.74. The van der Waals surface area contributed by atoms with Crippen LogP contribution in [0.3, 0.4) is 0 Å². The van der Waals surface area contributed by atoms with Crippen molar-refractivity contribution in [1.82, 2.24) is 5.32 Å². The van der Waals surface area contributed by atoms with Crippen LogP contribution in [0.1, 0.15) is 92.6 Å². The van der Waals surface area contributed by atoms with Crippen LogP contribution in [0, 0.1) is 11.8 Å². The number of rotatable bonds is 16. The lowest BCUT2D eigenvalue weighted by atomic mass is 9.89. The van der Waals surface area contributed by atoms with Gasteiger partial charge in [-0.1, -0.05) is 96.2 Å². The fraction of sp³-hybridized carbons (Fsp3) is 0.703. The average molecular weight is 644 g/mol. The Hall–Kier alpha value is -1.52. The summed E-state index contributed by atoms with van der Waals surface area (Å²) in [6.45, 7) is 25.6. The van der Waals surface area contributed by atoms with Crippen LogP contribution in [-0.4, -0.2) is 52.5 Å². The summed E-state index contributed by atoms with van der Waals surface area (Å²) in [5.41, 5.74) is 1.33. The molecule has 1 aromatic rings. The maximum Gasteiger partial charge on any atom is 0.219 e. The van der Waals surface area contributed by atoms with Crippen LogP contribution in [-0.2, 0) is 20.1 Å². The van der Waals surface area contributed by atoms with Crippen molar-refractivity contribution < 1.29 is 18.8 Å². The molecule has 0 unspecified atom stereocenters. The van der Waals surface area contributed by atoms with Gasteiger partial charge in [-0.05, 0) is 93.2 Å². The molecule has 5 nitrogen and oxygen atoms in total. The lowest BCUT2D eigenvalue weighted by Crippen LogP contribution is -2.45. The Morgan fingerprint density at radius 1 is 1.02 bits per heavy atom. The summed E-state index contributed by atoms with van der Waals surface area (Å²) in [6, 6.07) is 10.7. The summed E-state index contributed by atoms with van der Waals surface area (Å²) < 4.78 is 14.0. The van der Waals surface area contributed by atoms with E-state index in [0.717, 1.165) is 32.1 Å². The summed E-state index contributed by atoms with van der Waals surface area (Å²) in [5, 5.41) is 14.4. The Morgan fingerprint density at radius 3 is 2.25 bits per heavy atom. The van der Waals surface area contributed by atoms with Gasteiger partial charge in [0.15, 0.2) is 16.6 Å². The first-order valence-corrected chi connectivity index (χ1v) is 22.9. The zero-order valence-electron chi connectivity index (χ0n) is 29.9. The van der Waals surface area contributed by atoms with E-state index in [1.165, 1.54) is 5.56 Å². The predicted molar refractivity (Wildman–Crippen MR) is 192 cm³/mol. The summed E-state index contributed by atoms with van der Waals surface area (Å²) in [4.78, 5) is 11.8. The third-order valence-corrected chi connectivity index (χ3v) is 19.2. The van der Waals surface area contributed by atoms with Gasteiger partial charge in [-0.2, -0.15) is 0 Å². The number of aliphatic hydroxyl groups excluding tert-OH is 1. The molecule has 1 saturated carbocycles. The van der Waals surface area contributed by atoms with Crippen LogP contribution < -0.4 is 5.32 Å². The van der Waals surface area contributed by atoms with E-state index in [-0.39, 0.29) is 40.0 Å². The summed E-state index contributed by atoms with van der Waals surface area (Å²) in [6.07, 6.45) is 14.2. The number of allylic oxidation sites excluding steroid dienone is 2. The SMILES string of the molecule is CCNC(=O)CCC/C=C\C[C@@H]1[C@@H](/C=C/[C@H](CCc2ccccc2)O[Si](C)(C)C(C)(C)C)[C@H](O[Si](C)(C)C(C)(C)C)C[C@@H]1O. The molecule has 1 amide bonds. The van der Waals surface area contributed by atoms with Gasteiger partial charge in [-0.15, -0.1) is 0 Å². The van der Waals surface area contributed by atoms with Gasteiger partial charge < -0.3 is 19.3 Å². The molecule has 0 spiro atoms. The van der Waals surface area contributed by atoms with E-state index >= 15 is 0 Å². The van der Waals surface area contributed by atoms with Gasteiger partial charge >= 0.3 is 0 Å². The molecule has 1 aliphatic rings. The first-order valence-electron chi connectivity index (χ1n) is 17.1. The van der Waals surface area contributed by atoms with Gasteiger partial charge in [0.2, 0.25) is 5.91 Å². The van der Waals surface area contributed by atoms with E-state index in [1.54, 1.807) is 0 Å². The number of hydrogen-bond acceptors (Lipinski definition) is 4. The first-order chi connectivity index (χ1) is 20.4. The van der Waals surface area contributed by atoms with Crippen molar-refractivity contribution >= 4 is 22.5 Å². The molecule has 44 heavy (non-hydrogen) atoms. The molecule has 0 heterocycles. The van der Waals surface area contributed by atoms with Crippen LogP contribution in [0.25, 0.3) is 0 Å². The number of amides is 1. The average Bonchev–Trinajstić information content (AvgIpc) is 3.19. The molecule has 0 aromatic heterocycles. The zero-order chi connectivity index (χ0) is 33.2. The topological polar surface area (TPSA) is 67.8 Å². The Kier molecular flexibility index (Phi) is 14.8. The van der Waals surface area contributed by atoms with Gasteiger partial charge in [-0.3, -0.25) is 4.79 Å². The molecule has 1 aliphatic carbocycles. The molecule has 1 aromatic carbocycles. The largest absolute Gasteiger partial charge is 0.413 e. The van der Waals surface area contributed by atoms with E-state index in [0.29, 0.717) is 19.4 Å². The lowest BCUT2D eigenvalue weighted by Gasteiger charge is -2.40. The van der Waals surface area contributed by atoms with Gasteiger partial charge in [0, 0.05) is 18.9 Å². The van der Waals surface area contributed by atoms with Crippen LogP contribution in [0.4, 0.5) is 0 Å². The third kappa shape index (κ3) is 12.0. The maximum absolute atomic E-state index is 11.8. The number of aliphatic hydroxyl groups is 1. The van der Waals surface area contributed by atoms with E-state index in [9.17, 15) is 9.90 Å². The van der Waals surface area contributed by atoms with Crippen LogP contribution in [0.5, 0.6) is 0 Å². The second-order valence-corrected chi connectivity index (χ2v) is 25.4. The maximum atomic E-state index is 11.8. The molecule has 0 aliphatic heterocycles. The number of carbonyl (C=O) groups is 1. The van der Waals surface area contributed by atoms with Gasteiger partial charge in [0.05, 0.1) is 18.3 Å². The second kappa shape index (κ2) is 16.9. The fourth-order valence-electron chi connectivity index (χ4n) is 5.36. The Morgan fingerprint density at radius 2 is 1.66 bits per heavy atom. The summed E-state index contributed by atoms with van der Waals surface area (Å²) in [7, 11) is -4.05. The minimum atomic E-state index is -2.04. The molecule has 2 rings (SSSR count). The van der Waals surface area contributed by atoms with Crippen molar-refractivity contribution in [3.8, 4) is 0 Å². The Bertz CT molecular complexity index is 1060. The Labute approximate surface area is 272 Å². The van der Waals surface area contributed by atoms with E-state index < -0.39 is 22.7 Å². The predicted octanol–water partition coefficient (Wildman–Crippen LogP) is 9.21. The molecular weight excluding hydrogens is 579 g/mol. The summed E-state index contributed by atoms with van der Waals surface area (Å²) >= 11 is 0. The van der Waals surface area contributed by atoms with Gasteiger partial charge in [0.1, 0.15) is 0 Å². The number of hydrogen-bond donors (Lipinski definition) is 2. The minimum Gasteiger partial charge on any atom is -0.413 e. The number of carbonyl (C=O) groups excluding carboxylic acids is 1. The number of benzene rings is 1. The van der Waals surface area contributed by atoms with Crippen molar-refractivity contribution in [3.05, 3.63) is 60.2 Å². The Balaban J connectivity index is 2.30. The number of aryl methyl sites for hydroxylation is 1. The first kappa shape index (κ1) is 38.7. The van der Waals surface area contributed by atoms with E-state index in [4.69, 9.17) is 8.85 Å². The molecule has 7 heteroatoms. The molecule has 0 saturated heterocycles. The number of unbranched alkanes of at least 4 members (excludes halogenated alkanes) is 1. The van der Waals surface area contributed by atoms with Crippen LogP contribution >= 0.6 is 0 Å². The summed E-state index contributed by atoms with van der Waals surface area (Å²) in [5.74, 6) is 0.314. The zero-order valence-corrected chi connectivity index (χ0v) is 31.9. The standard InChI is InChI=1S/C37H65NO4Si2/c1-12-38-35(40)23-19-14-13-18-22-31-32(34(28-33(31)39)42-44(10,11)37(5,6)7)27-26-30(41-43(8,9)36(2,3)4)25-24-29-20-16-15-17-21-29/h13,15-18,20-21,26-27,30-34,39H,12,14,19,22-25,28H2,1-11H3,(H,38,40)/b18-13-,27-26+/t30-,31+,32+,33-,34+/m0/s1. The molecule has 0 radical (unpaired) electrons. The van der Waals surface area contributed by atoms with Gasteiger partial charge in [0.25, 0.3) is 0 Å². The van der Waals surface area contributed by atoms with E-state index in [1.807, 2.05) is 6.92 Å². The fourth-order valence-corrected chi connectivity index (χ4v) is 8.03. The smallest absolute Gasteiger partial charge is 0.219 e. The van der Waals surface area contributed by atoms with Crippen LogP contribution in [0.2, 0.25) is 36.3 Å². The molecular formula is C37H65NO4Si2. The third-order valence-electron chi connectivity index (χ3n) is 10.2. The molecule has 250 valence electrons. The lowest BCUT2D eigenvalue weighted by molar-refractivity contribution is -0.121. The molecule has 1 fully saturated rings. The van der Waals surface area contributed by atoms with Crippen LogP contribution in [0.15, 0.2) is 54.6 Å². The normalized spacial score (nSPS) is 22.6. The van der Waals surface area contributed by atoms with Crippen molar-refractivity contribution in [2.75, 3.05) is 6.54 Å². The molecule has 2 N–H and O–H groups in total. The number of nitrogens with one attached hydrogen (secondary N) is 1.